The molecule has 0 aliphatic heterocycles. The fourth-order valence-corrected chi connectivity index (χ4v) is 4.62. The first kappa shape index (κ1) is 22.3. The first-order chi connectivity index (χ1) is 13.7. The minimum atomic E-state index is -3.64. The Morgan fingerprint density at radius 2 is 2.17 bits per heavy atom. The number of nitriles is 1. The van der Waals surface area contributed by atoms with Gasteiger partial charge in [-0.1, -0.05) is 19.9 Å². The highest BCUT2D eigenvalue weighted by atomic mass is 32.2. The highest BCUT2D eigenvalue weighted by molar-refractivity contribution is 7.91. The lowest BCUT2D eigenvalue weighted by atomic mass is 10.1. The van der Waals surface area contributed by atoms with Crippen molar-refractivity contribution in [2.75, 3.05) is 17.7 Å². The van der Waals surface area contributed by atoms with E-state index in [1.165, 1.54) is 24.3 Å². The van der Waals surface area contributed by atoms with Gasteiger partial charge < -0.3 is 9.84 Å². The van der Waals surface area contributed by atoms with E-state index in [0.29, 0.717) is 23.7 Å². The number of phenolic OH excluding ortho intramolecular Hbond substituents is 1. The molecule has 1 heterocycles. The summed E-state index contributed by atoms with van der Waals surface area (Å²) in [5.74, 6) is -0.799. The molecule has 0 aliphatic rings. The van der Waals surface area contributed by atoms with Gasteiger partial charge in [-0.2, -0.15) is 14.6 Å². The Morgan fingerprint density at radius 1 is 1.45 bits per heavy atom. The number of nitrogens with zero attached hydrogens (tertiary/aromatic N) is 3. The van der Waals surface area contributed by atoms with Crippen molar-refractivity contribution < 1.29 is 23.1 Å². The van der Waals surface area contributed by atoms with Crippen molar-refractivity contribution in [3.63, 3.8) is 0 Å². The van der Waals surface area contributed by atoms with Gasteiger partial charge in [0.25, 0.3) is 11.1 Å². The van der Waals surface area contributed by atoms with Crippen molar-refractivity contribution in [3.8, 4) is 17.6 Å². The lowest BCUT2D eigenvalue weighted by Crippen LogP contribution is -2.15. The van der Waals surface area contributed by atoms with Crippen LogP contribution in [0.2, 0.25) is 0 Å². The number of hydrogen-bond donors (Lipinski definition) is 2. The first-order valence-corrected chi connectivity index (χ1v) is 11.0. The summed E-state index contributed by atoms with van der Waals surface area (Å²) >= 11 is 0.715. The third kappa shape index (κ3) is 6.00. The van der Waals surface area contributed by atoms with Gasteiger partial charge in [0.15, 0.2) is 11.5 Å². The lowest BCUT2D eigenvalue weighted by Gasteiger charge is -2.06. The summed E-state index contributed by atoms with van der Waals surface area (Å²) in [6, 6.07) is 6.18. The molecule has 2 rings (SSSR count). The SMILES string of the molecule is CCOc1cc(/C=C(/C#N)C(=O)Nc2nc(S(=O)(=O)CC(C)C)ns2)ccc1O. The molecule has 0 bridgehead atoms. The van der Waals surface area contributed by atoms with Gasteiger partial charge in [-0.05, 0) is 36.6 Å². The van der Waals surface area contributed by atoms with Crippen molar-refractivity contribution in [1.82, 2.24) is 9.36 Å². The maximum absolute atomic E-state index is 12.4. The molecule has 1 aromatic carbocycles. The summed E-state index contributed by atoms with van der Waals surface area (Å²) in [4.78, 5) is 16.2. The Labute approximate surface area is 172 Å². The van der Waals surface area contributed by atoms with Gasteiger partial charge >= 0.3 is 0 Å². The molecule has 11 heteroatoms. The van der Waals surface area contributed by atoms with Crippen LogP contribution in [0, 0.1) is 17.2 Å². The summed E-state index contributed by atoms with van der Waals surface area (Å²) in [6.07, 6.45) is 1.31. The van der Waals surface area contributed by atoms with Gasteiger partial charge in [-0.3, -0.25) is 10.1 Å². The standard InChI is InChI=1S/C18H20N4O5S2/c1-4-27-15-8-12(5-6-14(15)23)7-13(9-19)16(24)20-17-21-18(22-28-17)29(25,26)10-11(2)3/h5-8,11,23H,4,10H2,1-3H3,(H,20,21,22,24)/b13-7-. The van der Waals surface area contributed by atoms with Gasteiger partial charge in [0, 0.05) is 11.5 Å². The van der Waals surface area contributed by atoms with E-state index < -0.39 is 15.7 Å². The maximum atomic E-state index is 12.4. The highest BCUT2D eigenvalue weighted by Gasteiger charge is 2.23. The summed E-state index contributed by atoms with van der Waals surface area (Å²) in [5.41, 5.74) is 0.232. The predicted octanol–water partition coefficient (Wildman–Crippen LogP) is 2.62. The fourth-order valence-electron chi connectivity index (χ4n) is 2.27. The number of rotatable bonds is 8. The molecule has 29 heavy (non-hydrogen) atoms. The van der Waals surface area contributed by atoms with E-state index in [9.17, 15) is 23.6 Å². The zero-order valence-electron chi connectivity index (χ0n) is 16.0. The molecule has 0 saturated heterocycles. The van der Waals surface area contributed by atoms with Gasteiger partial charge in [-0.15, -0.1) is 0 Å². The minimum Gasteiger partial charge on any atom is -0.504 e. The van der Waals surface area contributed by atoms with Crippen LogP contribution in [-0.4, -0.2) is 41.1 Å². The van der Waals surface area contributed by atoms with Gasteiger partial charge in [0.2, 0.25) is 15.0 Å². The van der Waals surface area contributed by atoms with Crippen molar-refractivity contribution in [1.29, 1.82) is 5.26 Å². The molecule has 0 aliphatic carbocycles. The molecular formula is C18H20N4O5S2. The van der Waals surface area contributed by atoms with E-state index in [0.717, 1.165) is 0 Å². The molecule has 154 valence electrons. The zero-order chi connectivity index (χ0) is 21.6. The van der Waals surface area contributed by atoms with Crippen LogP contribution in [0.4, 0.5) is 5.13 Å². The maximum Gasteiger partial charge on any atom is 0.268 e. The van der Waals surface area contributed by atoms with Crippen molar-refractivity contribution in [3.05, 3.63) is 29.3 Å². The van der Waals surface area contributed by atoms with Crippen LogP contribution in [-0.2, 0) is 14.6 Å². The second kappa shape index (κ2) is 9.49. The van der Waals surface area contributed by atoms with E-state index >= 15 is 0 Å². The number of benzene rings is 1. The lowest BCUT2D eigenvalue weighted by molar-refractivity contribution is -0.112. The first-order valence-electron chi connectivity index (χ1n) is 8.61. The number of carbonyl (C=O) groups excluding carboxylic acids is 1. The Balaban J connectivity index is 2.20. The average Bonchev–Trinajstić information content (AvgIpc) is 3.10. The molecule has 0 unspecified atom stereocenters. The Morgan fingerprint density at radius 3 is 2.79 bits per heavy atom. The van der Waals surface area contributed by atoms with Crippen molar-refractivity contribution >= 4 is 38.5 Å². The normalized spacial score (nSPS) is 11.9. The number of phenols is 1. The Bertz CT molecular complexity index is 1070. The number of ether oxygens (including phenoxy) is 1. The zero-order valence-corrected chi connectivity index (χ0v) is 17.7. The van der Waals surface area contributed by atoms with E-state index in [4.69, 9.17) is 4.74 Å². The van der Waals surface area contributed by atoms with Gasteiger partial charge in [0.05, 0.1) is 12.4 Å². The van der Waals surface area contributed by atoms with Gasteiger partial charge in [0.1, 0.15) is 11.6 Å². The number of anilines is 1. The second-order valence-corrected chi connectivity index (χ2v) is 9.02. The summed E-state index contributed by atoms with van der Waals surface area (Å²) in [5, 5.41) is 21.0. The van der Waals surface area contributed by atoms with E-state index in [1.54, 1.807) is 26.8 Å². The second-order valence-electron chi connectivity index (χ2n) is 6.34. The molecule has 0 atom stereocenters. The summed E-state index contributed by atoms with van der Waals surface area (Å²) in [7, 11) is -3.64. The molecule has 2 aromatic rings. The fraction of sp³-hybridized carbons (Fsp3) is 0.333. The predicted molar refractivity (Wildman–Crippen MR) is 108 cm³/mol. The van der Waals surface area contributed by atoms with Crippen LogP contribution in [0.3, 0.4) is 0 Å². The Kier molecular flexibility index (Phi) is 7.30. The number of aromatic hydroxyl groups is 1. The number of carbonyl (C=O) groups is 1. The quantitative estimate of drug-likeness (QED) is 0.475. The molecule has 9 nitrogen and oxygen atoms in total. The molecule has 0 saturated carbocycles. The Hall–Kier alpha value is -2.97. The van der Waals surface area contributed by atoms with Crippen molar-refractivity contribution in [2.45, 2.75) is 25.9 Å². The van der Waals surface area contributed by atoms with Crippen LogP contribution in [0.1, 0.15) is 26.3 Å². The van der Waals surface area contributed by atoms with E-state index in [2.05, 4.69) is 14.7 Å². The number of aromatic nitrogens is 2. The topological polar surface area (TPSA) is 142 Å². The third-order valence-electron chi connectivity index (χ3n) is 3.42. The number of sulfone groups is 1. The van der Waals surface area contributed by atoms with Crippen LogP contribution < -0.4 is 10.1 Å². The number of nitrogens with one attached hydrogen (secondary N) is 1. The van der Waals surface area contributed by atoms with Crippen LogP contribution in [0.5, 0.6) is 11.5 Å². The van der Waals surface area contributed by atoms with E-state index in [1.807, 2.05) is 0 Å². The molecular weight excluding hydrogens is 416 g/mol. The van der Waals surface area contributed by atoms with Crippen LogP contribution in [0.25, 0.3) is 6.08 Å². The molecule has 2 N–H and O–H groups in total. The number of amides is 1. The molecule has 0 spiro atoms. The average molecular weight is 437 g/mol. The monoisotopic (exact) mass is 436 g/mol. The van der Waals surface area contributed by atoms with Gasteiger partial charge in [-0.25, -0.2) is 8.42 Å². The van der Waals surface area contributed by atoms with Crippen molar-refractivity contribution in [2.24, 2.45) is 5.92 Å². The van der Waals surface area contributed by atoms with E-state index in [-0.39, 0.29) is 39.0 Å². The minimum absolute atomic E-state index is 0.0285. The summed E-state index contributed by atoms with van der Waals surface area (Å²) in [6.45, 7) is 5.62. The summed E-state index contributed by atoms with van der Waals surface area (Å²) < 4.78 is 33.4. The van der Waals surface area contributed by atoms with Crippen LogP contribution >= 0.6 is 11.5 Å². The molecule has 1 amide bonds. The number of hydrogen-bond acceptors (Lipinski definition) is 9. The third-order valence-corrected chi connectivity index (χ3v) is 6.01. The highest BCUT2D eigenvalue weighted by Crippen LogP contribution is 2.28. The smallest absolute Gasteiger partial charge is 0.268 e. The molecule has 1 aromatic heterocycles. The molecule has 0 radical (unpaired) electrons. The largest absolute Gasteiger partial charge is 0.504 e. The van der Waals surface area contributed by atoms with Crippen LogP contribution in [0.15, 0.2) is 28.9 Å². The molecule has 0 fully saturated rings.